The van der Waals surface area contributed by atoms with Crippen LogP contribution in [0.5, 0.6) is 0 Å². The number of aromatic amines is 1. The Morgan fingerprint density at radius 1 is 1.25 bits per heavy atom. The fourth-order valence-corrected chi connectivity index (χ4v) is 3.60. The first-order valence-electron chi connectivity index (χ1n) is 8.37. The van der Waals surface area contributed by atoms with Gasteiger partial charge in [0.1, 0.15) is 17.4 Å². The van der Waals surface area contributed by atoms with Crippen LogP contribution in [0.2, 0.25) is 0 Å². The highest BCUT2D eigenvalue weighted by atomic mass is 16.3. The first-order valence-corrected chi connectivity index (χ1v) is 8.37. The van der Waals surface area contributed by atoms with Gasteiger partial charge in [0.15, 0.2) is 0 Å². The van der Waals surface area contributed by atoms with Crippen molar-refractivity contribution < 1.29 is 9.21 Å². The van der Waals surface area contributed by atoms with Gasteiger partial charge in [-0.2, -0.15) is 0 Å². The molecular formula is C18H18N4O2. The highest BCUT2D eigenvalue weighted by Crippen LogP contribution is 2.37. The molecule has 2 aromatic heterocycles. The van der Waals surface area contributed by atoms with Gasteiger partial charge in [0.2, 0.25) is 0 Å². The summed E-state index contributed by atoms with van der Waals surface area (Å²) in [7, 11) is 0. The van der Waals surface area contributed by atoms with E-state index in [0.29, 0.717) is 6.54 Å². The van der Waals surface area contributed by atoms with Crippen molar-refractivity contribution in [1.29, 1.82) is 0 Å². The summed E-state index contributed by atoms with van der Waals surface area (Å²) in [5.74, 6) is 0.776. The number of urea groups is 1. The molecular weight excluding hydrogens is 304 g/mol. The number of hydrogen-bond donors (Lipinski definition) is 1. The van der Waals surface area contributed by atoms with Gasteiger partial charge in [0.05, 0.1) is 12.0 Å². The second-order valence-electron chi connectivity index (χ2n) is 6.42. The molecule has 1 aromatic carbocycles. The minimum absolute atomic E-state index is 0.0837. The number of nitrogens with one attached hydrogen (secondary N) is 1. The molecule has 0 unspecified atom stereocenters. The molecule has 122 valence electrons. The zero-order valence-electron chi connectivity index (χ0n) is 13.2. The molecule has 0 saturated carbocycles. The average Bonchev–Trinajstić information content (AvgIpc) is 3.18. The Morgan fingerprint density at radius 3 is 2.92 bits per heavy atom. The fourth-order valence-electron chi connectivity index (χ4n) is 3.60. The SMILES string of the molecule is O=C(N1CCC1)N1CCc2[nH]cnc2[C@H]1c1cc2ccccc2o1. The number of para-hydroxylation sites is 1. The molecule has 4 heterocycles. The maximum absolute atomic E-state index is 12.9. The minimum Gasteiger partial charge on any atom is -0.458 e. The number of amides is 2. The van der Waals surface area contributed by atoms with Crippen LogP contribution in [-0.2, 0) is 6.42 Å². The molecule has 0 radical (unpaired) electrons. The quantitative estimate of drug-likeness (QED) is 0.749. The molecule has 0 aliphatic carbocycles. The highest BCUT2D eigenvalue weighted by molar-refractivity contribution is 5.79. The Hall–Kier alpha value is -2.76. The summed E-state index contributed by atoms with van der Waals surface area (Å²) in [5, 5.41) is 1.05. The second-order valence-corrected chi connectivity index (χ2v) is 6.42. The van der Waals surface area contributed by atoms with Gasteiger partial charge in [0, 0.05) is 37.1 Å². The molecule has 1 N–H and O–H groups in total. The summed E-state index contributed by atoms with van der Waals surface area (Å²) in [6, 6.07) is 9.78. The Morgan fingerprint density at radius 2 is 2.12 bits per heavy atom. The Kier molecular flexibility index (Phi) is 2.92. The first-order chi connectivity index (χ1) is 11.8. The molecule has 2 aliphatic rings. The monoisotopic (exact) mass is 322 g/mol. The van der Waals surface area contributed by atoms with Crippen LogP contribution in [0.3, 0.4) is 0 Å². The van der Waals surface area contributed by atoms with Crippen LogP contribution in [0.15, 0.2) is 41.1 Å². The third kappa shape index (κ3) is 1.95. The number of benzene rings is 1. The molecule has 1 atom stereocenters. The van der Waals surface area contributed by atoms with Crippen molar-refractivity contribution in [3.63, 3.8) is 0 Å². The number of hydrogen-bond acceptors (Lipinski definition) is 3. The molecule has 6 nitrogen and oxygen atoms in total. The zero-order valence-corrected chi connectivity index (χ0v) is 13.2. The number of fused-ring (bicyclic) bond motifs is 2. The number of carbonyl (C=O) groups is 1. The molecule has 3 aromatic rings. The lowest BCUT2D eigenvalue weighted by Crippen LogP contribution is -2.52. The summed E-state index contributed by atoms with van der Waals surface area (Å²) >= 11 is 0. The molecule has 5 rings (SSSR count). The van der Waals surface area contributed by atoms with E-state index in [-0.39, 0.29) is 12.1 Å². The predicted molar refractivity (Wildman–Crippen MR) is 88.6 cm³/mol. The predicted octanol–water partition coefficient (Wildman–Crippen LogP) is 2.93. The van der Waals surface area contributed by atoms with Gasteiger partial charge in [-0.05, 0) is 18.6 Å². The lowest BCUT2D eigenvalue weighted by Gasteiger charge is -2.40. The Labute approximate surface area is 139 Å². The van der Waals surface area contributed by atoms with E-state index in [1.807, 2.05) is 40.1 Å². The van der Waals surface area contributed by atoms with E-state index < -0.39 is 0 Å². The Balaban J connectivity index is 1.61. The molecule has 24 heavy (non-hydrogen) atoms. The molecule has 1 saturated heterocycles. The summed E-state index contributed by atoms with van der Waals surface area (Å²) in [6.07, 6.45) is 3.59. The number of nitrogens with zero attached hydrogens (tertiary/aromatic N) is 3. The van der Waals surface area contributed by atoms with Gasteiger partial charge < -0.3 is 19.2 Å². The van der Waals surface area contributed by atoms with Crippen molar-refractivity contribution in [2.45, 2.75) is 18.9 Å². The normalized spacial score (nSPS) is 20.1. The number of H-pyrrole nitrogens is 1. The van der Waals surface area contributed by atoms with Gasteiger partial charge in [-0.15, -0.1) is 0 Å². The summed E-state index contributed by atoms with van der Waals surface area (Å²) in [5.41, 5.74) is 2.83. The molecule has 1 fully saturated rings. The minimum atomic E-state index is -0.263. The number of imidazole rings is 1. The maximum Gasteiger partial charge on any atom is 0.320 e. The number of likely N-dealkylation sites (tertiary alicyclic amines) is 1. The topological polar surface area (TPSA) is 65.4 Å². The van der Waals surface area contributed by atoms with E-state index in [1.54, 1.807) is 6.33 Å². The van der Waals surface area contributed by atoms with Crippen LogP contribution in [0.1, 0.15) is 29.6 Å². The third-order valence-corrected chi connectivity index (χ3v) is 5.01. The lowest BCUT2D eigenvalue weighted by atomic mass is 10.0. The fraction of sp³-hybridized carbons (Fsp3) is 0.333. The molecule has 2 aliphatic heterocycles. The molecule has 2 amide bonds. The van der Waals surface area contributed by atoms with Crippen LogP contribution in [0.4, 0.5) is 4.79 Å². The van der Waals surface area contributed by atoms with Gasteiger partial charge in [0.25, 0.3) is 0 Å². The third-order valence-electron chi connectivity index (χ3n) is 5.01. The van der Waals surface area contributed by atoms with Gasteiger partial charge in [-0.25, -0.2) is 9.78 Å². The van der Waals surface area contributed by atoms with Crippen molar-refractivity contribution in [1.82, 2.24) is 19.8 Å². The highest BCUT2D eigenvalue weighted by Gasteiger charge is 2.39. The van der Waals surface area contributed by atoms with Crippen molar-refractivity contribution in [3.05, 3.63) is 53.8 Å². The maximum atomic E-state index is 12.9. The van der Waals surface area contributed by atoms with E-state index in [0.717, 1.165) is 54.0 Å². The lowest BCUT2D eigenvalue weighted by molar-refractivity contribution is 0.108. The summed E-state index contributed by atoms with van der Waals surface area (Å²) in [6.45, 7) is 2.36. The number of aromatic nitrogens is 2. The van der Waals surface area contributed by atoms with E-state index in [1.165, 1.54) is 0 Å². The van der Waals surface area contributed by atoms with E-state index in [2.05, 4.69) is 9.97 Å². The van der Waals surface area contributed by atoms with E-state index in [9.17, 15) is 4.79 Å². The van der Waals surface area contributed by atoms with E-state index in [4.69, 9.17) is 4.42 Å². The first kappa shape index (κ1) is 13.7. The van der Waals surface area contributed by atoms with Crippen LogP contribution < -0.4 is 0 Å². The van der Waals surface area contributed by atoms with Gasteiger partial charge in [-0.1, -0.05) is 18.2 Å². The van der Waals surface area contributed by atoms with Crippen LogP contribution in [-0.4, -0.2) is 45.4 Å². The van der Waals surface area contributed by atoms with Gasteiger partial charge in [-0.3, -0.25) is 0 Å². The standard InChI is InChI=1S/C18H18N4O2/c23-18(21-7-3-8-21)22-9-6-13-16(20-11-19-13)17(22)15-10-12-4-1-2-5-14(12)24-15/h1-2,4-5,10-11,17H,3,6-9H2,(H,19,20)/t17-/m1/s1. The van der Waals surface area contributed by atoms with Crippen LogP contribution in [0, 0.1) is 0 Å². The molecule has 0 bridgehead atoms. The van der Waals surface area contributed by atoms with Crippen molar-refractivity contribution in [3.8, 4) is 0 Å². The van der Waals surface area contributed by atoms with Gasteiger partial charge >= 0.3 is 6.03 Å². The van der Waals surface area contributed by atoms with Crippen molar-refractivity contribution in [2.75, 3.05) is 19.6 Å². The zero-order chi connectivity index (χ0) is 16.1. The number of furan rings is 1. The molecule has 0 spiro atoms. The summed E-state index contributed by atoms with van der Waals surface area (Å²) in [4.78, 5) is 24.4. The largest absolute Gasteiger partial charge is 0.458 e. The van der Waals surface area contributed by atoms with Crippen LogP contribution in [0.25, 0.3) is 11.0 Å². The van der Waals surface area contributed by atoms with Crippen molar-refractivity contribution >= 4 is 17.0 Å². The van der Waals surface area contributed by atoms with Crippen LogP contribution >= 0.6 is 0 Å². The second kappa shape index (κ2) is 5.12. The molecule has 6 heteroatoms. The Bertz CT molecular complexity index is 876. The summed E-state index contributed by atoms with van der Waals surface area (Å²) < 4.78 is 6.08. The number of carbonyl (C=O) groups excluding carboxylic acids is 1. The smallest absolute Gasteiger partial charge is 0.320 e. The average molecular weight is 322 g/mol. The van der Waals surface area contributed by atoms with Crippen molar-refractivity contribution in [2.24, 2.45) is 0 Å². The number of rotatable bonds is 1. The van der Waals surface area contributed by atoms with E-state index >= 15 is 0 Å².